The van der Waals surface area contributed by atoms with Gasteiger partial charge in [0, 0.05) is 0 Å². The van der Waals surface area contributed by atoms with Crippen molar-refractivity contribution in [1.82, 2.24) is 10.6 Å². The summed E-state index contributed by atoms with van der Waals surface area (Å²) in [5.41, 5.74) is 5.02. The highest BCUT2D eigenvalue weighted by Gasteiger charge is 2.42. The molecule has 1 heterocycles. The molecule has 4 N–H and O–H groups in total. The van der Waals surface area contributed by atoms with Crippen molar-refractivity contribution in [2.24, 2.45) is 11.7 Å². The van der Waals surface area contributed by atoms with Crippen LogP contribution in [0.25, 0.3) is 0 Å². The van der Waals surface area contributed by atoms with Crippen LogP contribution < -0.4 is 16.4 Å². The Morgan fingerprint density at radius 1 is 1.71 bits per heavy atom. The van der Waals surface area contributed by atoms with Crippen LogP contribution in [-0.4, -0.2) is 31.1 Å². The van der Waals surface area contributed by atoms with Gasteiger partial charge in [0.2, 0.25) is 5.91 Å². The zero-order valence-electron chi connectivity index (χ0n) is 9.10. The van der Waals surface area contributed by atoms with Crippen LogP contribution in [0.2, 0.25) is 0 Å². The molecule has 0 saturated carbocycles. The van der Waals surface area contributed by atoms with Crippen LogP contribution in [0.3, 0.4) is 0 Å². The van der Waals surface area contributed by atoms with Crippen molar-refractivity contribution < 1.29 is 4.79 Å². The van der Waals surface area contributed by atoms with Gasteiger partial charge in [-0.05, 0) is 38.4 Å². The first kappa shape index (κ1) is 11.5. The molecule has 0 radical (unpaired) electrons. The Balaban J connectivity index is 2.72. The third-order valence-corrected chi connectivity index (χ3v) is 3.12. The summed E-state index contributed by atoms with van der Waals surface area (Å²) in [6, 6.07) is 0. The highest BCUT2D eigenvalue weighted by Crippen LogP contribution is 2.23. The summed E-state index contributed by atoms with van der Waals surface area (Å²) in [6.07, 6.45) is 1.82. The van der Waals surface area contributed by atoms with Gasteiger partial charge < -0.3 is 16.4 Å². The van der Waals surface area contributed by atoms with E-state index in [9.17, 15) is 4.79 Å². The van der Waals surface area contributed by atoms with Crippen LogP contribution in [0, 0.1) is 5.92 Å². The number of carbonyl (C=O) groups excluding carboxylic acids is 1. The molecular formula is C10H21N3O. The average molecular weight is 199 g/mol. The zero-order valence-corrected chi connectivity index (χ0v) is 9.10. The highest BCUT2D eigenvalue weighted by atomic mass is 16.1. The maximum atomic E-state index is 11.5. The molecule has 0 aliphatic carbocycles. The standard InChI is InChI=1S/C10H21N3O/c1-3-5-13-10(9(11)14)4-6-12-7-8(10)2/h8,12-13H,3-7H2,1-2H3,(H2,11,14). The lowest BCUT2D eigenvalue weighted by atomic mass is 9.78. The van der Waals surface area contributed by atoms with Gasteiger partial charge in [-0.1, -0.05) is 13.8 Å². The van der Waals surface area contributed by atoms with Gasteiger partial charge in [0.15, 0.2) is 0 Å². The molecule has 2 atom stereocenters. The summed E-state index contributed by atoms with van der Waals surface area (Å²) in [4.78, 5) is 11.5. The van der Waals surface area contributed by atoms with Gasteiger partial charge in [-0.3, -0.25) is 4.79 Å². The van der Waals surface area contributed by atoms with Gasteiger partial charge in [0.05, 0.1) is 0 Å². The second kappa shape index (κ2) is 4.75. The number of piperidine rings is 1. The average Bonchev–Trinajstić information content (AvgIpc) is 2.16. The number of rotatable bonds is 4. The van der Waals surface area contributed by atoms with Crippen molar-refractivity contribution in [3.05, 3.63) is 0 Å². The lowest BCUT2D eigenvalue weighted by Crippen LogP contribution is -2.65. The molecule has 4 nitrogen and oxygen atoms in total. The van der Waals surface area contributed by atoms with E-state index in [-0.39, 0.29) is 11.8 Å². The number of carbonyl (C=O) groups is 1. The minimum absolute atomic E-state index is 0.208. The lowest BCUT2D eigenvalue weighted by molar-refractivity contribution is -0.127. The van der Waals surface area contributed by atoms with E-state index >= 15 is 0 Å². The van der Waals surface area contributed by atoms with Crippen molar-refractivity contribution in [2.75, 3.05) is 19.6 Å². The van der Waals surface area contributed by atoms with E-state index in [2.05, 4.69) is 24.5 Å². The Kier molecular flexibility index (Phi) is 3.89. The molecule has 0 aromatic rings. The Labute approximate surface area is 85.6 Å². The van der Waals surface area contributed by atoms with Gasteiger partial charge in [0.1, 0.15) is 5.54 Å². The summed E-state index contributed by atoms with van der Waals surface area (Å²) < 4.78 is 0. The summed E-state index contributed by atoms with van der Waals surface area (Å²) >= 11 is 0. The fourth-order valence-corrected chi connectivity index (χ4v) is 2.09. The van der Waals surface area contributed by atoms with Crippen molar-refractivity contribution in [3.63, 3.8) is 0 Å². The monoisotopic (exact) mass is 199 g/mol. The van der Waals surface area contributed by atoms with Gasteiger partial charge in [0.25, 0.3) is 0 Å². The summed E-state index contributed by atoms with van der Waals surface area (Å²) in [5, 5.41) is 6.59. The van der Waals surface area contributed by atoms with Crippen LogP contribution in [0.1, 0.15) is 26.7 Å². The van der Waals surface area contributed by atoms with Gasteiger partial charge in [-0.15, -0.1) is 0 Å². The number of nitrogens with one attached hydrogen (secondary N) is 2. The Bertz CT molecular complexity index is 208. The third kappa shape index (κ3) is 2.07. The maximum absolute atomic E-state index is 11.5. The quantitative estimate of drug-likeness (QED) is 0.589. The van der Waals surface area contributed by atoms with Gasteiger partial charge in [-0.25, -0.2) is 0 Å². The molecule has 1 amide bonds. The van der Waals surface area contributed by atoms with E-state index in [1.807, 2.05) is 0 Å². The first-order chi connectivity index (χ1) is 6.63. The number of nitrogens with two attached hydrogens (primary N) is 1. The first-order valence-electron chi connectivity index (χ1n) is 5.39. The molecule has 1 saturated heterocycles. The predicted octanol–water partition coefficient (Wildman–Crippen LogP) is -0.160. The number of amides is 1. The number of hydrogen-bond acceptors (Lipinski definition) is 3. The van der Waals surface area contributed by atoms with E-state index < -0.39 is 5.54 Å². The normalized spacial score (nSPS) is 32.9. The fraction of sp³-hybridized carbons (Fsp3) is 0.900. The molecule has 2 unspecified atom stereocenters. The van der Waals surface area contributed by atoms with Crippen LogP contribution in [-0.2, 0) is 4.79 Å². The minimum Gasteiger partial charge on any atom is -0.368 e. The molecule has 82 valence electrons. The Morgan fingerprint density at radius 3 is 2.93 bits per heavy atom. The number of primary amides is 1. The smallest absolute Gasteiger partial charge is 0.238 e. The van der Waals surface area contributed by atoms with Gasteiger partial charge >= 0.3 is 0 Å². The first-order valence-corrected chi connectivity index (χ1v) is 5.39. The van der Waals surface area contributed by atoms with Crippen molar-refractivity contribution >= 4 is 5.91 Å². The summed E-state index contributed by atoms with van der Waals surface area (Å²) in [6.45, 7) is 6.74. The van der Waals surface area contributed by atoms with Crippen molar-refractivity contribution in [3.8, 4) is 0 Å². The SMILES string of the molecule is CCCNC1(C(N)=O)CCNCC1C. The molecule has 0 bridgehead atoms. The Hall–Kier alpha value is -0.610. The van der Waals surface area contributed by atoms with Crippen LogP contribution >= 0.6 is 0 Å². The van der Waals surface area contributed by atoms with Crippen molar-refractivity contribution in [1.29, 1.82) is 0 Å². The molecule has 0 aromatic heterocycles. The van der Waals surface area contributed by atoms with E-state index in [0.29, 0.717) is 0 Å². The lowest BCUT2D eigenvalue weighted by Gasteiger charge is -2.41. The molecule has 0 spiro atoms. The number of hydrogen-bond donors (Lipinski definition) is 3. The van der Waals surface area contributed by atoms with Crippen LogP contribution in [0.5, 0.6) is 0 Å². The van der Waals surface area contributed by atoms with E-state index in [1.165, 1.54) is 0 Å². The molecular weight excluding hydrogens is 178 g/mol. The second-order valence-corrected chi connectivity index (χ2v) is 4.12. The zero-order chi connectivity index (χ0) is 10.6. The van der Waals surface area contributed by atoms with Gasteiger partial charge in [-0.2, -0.15) is 0 Å². The molecule has 1 rings (SSSR count). The van der Waals surface area contributed by atoms with Crippen LogP contribution in [0.4, 0.5) is 0 Å². The molecule has 4 heteroatoms. The van der Waals surface area contributed by atoms with E-state index in [0.717, 1.165) is 32.5 Å². The highest BCUT2D eigenvalue weighted by molar-refractivity contribution is 5.85. The summed E-state index contributed by atoms with van der Waals surface area (Å²) in [5.74, 6) is 0.0558. The van der Waals surface area contributed by atoms with E-state index in [4.69, 9.17) is 5.73 Å². The summed E-state index contributed by atoms with van der Waals surface area (Å²) in [7, 11) is 0. The second-order valence-electron chi connectivity index (χ2n) is 4.12. The molecule has 14 heavy (non-hydrogen) atoms. The van der Waals surface area contributed by atoms with Crippen molar-refractivity contribution in [2.45, 2.75) is 32.2 Å². The topological polar surface area (TPSA) is 67.1 Å². The molecule has 0 aromatic carbocycles. The Morgan fingerprint density at radius 2 is 2.43 bits per heavy atom. The van der Waals surface area contributed by atoms with Crippen LogP contribution in [0.15, 0.2) is 0 Å². The predicted molar refractivity (Wildman–Crippen MR) is 56.9 cm³/mol. The third-order valence-electron chi connectivity index (χ3n) is 3.12. The van der Waals surface area contributed by atoms with E-state index in [1.54, 1.807) is 0 Å². The fourth-order valence-electron chi connectivity index (χ4n) is 2.09. The maximum Gasteiger partial charge on any atom is 0.238 e. The molecule has 1 aliphatic rings. The largest absolute Gasteiger partial charge is 0.368 e. The minimum atomic E-state index is -0.485. The molecule has 1 aliphatic heterocycles. The molecule has 1 fully saturated rings.